The zero-order valence-corrected chi connectivity index (χ0v) is 14.0. The number of rotatable bonds is 3. The lowest BCUT2D eigenvalue weighted by atomic mass is 9.97. The first-order chi connectivity index (χ1) is 11.5. The van der Waals surface area contributed by atoms with Crippen molar-refractivity contribution in [2.24, 2.45) is 0 Å². The van der Waals surface area contributed by atoms with Crippen LogP contribution in [0, 0.1) is 12.7 Å². The van der Waals surface area contributed by atoms with Crippen molar-refractivity contribution in [3.8, 4) is 0 Å². The molecule has 126 valence electrons. The summed E-state index contributed by atoms with van der Waals surface area (Å²) in [5.41, 5.74) is 0.627. The maximum atomic E-state index is 13.2. The van der Waals surface area contributed by atoms with E-state index in [0.717, 1.165) is 4.88 Å². The average molecular weight is 349 g/mol. The Hall–Kier alpha value is -2.32. The van der Waals surface area contributed by atoms with Crippen LogP contribution >= 0.6 is 11.3 Å². The van der Waals surface area contributed by atoms with Crippen LogP contribution in [0.25, 0.3) is 0 Å². The second-order valence-electron chi connectivity index (χ2n) is 5.50. The number of anilines is 1. The summed E-state index contributed by atoms with van der Waals surface area (Å²) < 4.78 is 18.7. The van der Waals surface area contributed by atoms with E-state index in [2.05, 4.69) is 10.3 Å². The number of amides is 2. The van der Waals surface area contributed by atoms with Crippen molar-refractivity contribution in [1.29, 1.82) is 0 Å². The van der Waals surface area contributed by atoms with E-state index in [-0.39, 0.29) is 18.3 Å². The number of nitrogens with zero attached hydrogens (tertiary/aromatic N) is 2. The number of hydrogen-bond donors (Lipinski definition) is 1. The van der Waals surface area contributed by atoms with E-state index < -0.39 is 18.1 Å². The summed E-state index contributed by atoms with van der Waals surface area (Å²) in [5.74, 6) is -1.01. The van der Waals surface area contributed by atoms with Crippen molar-refractivity contribution in [2.75, 3.05) is 19.0 Å². The van der Waals surface area contributed by atoms with Gasteiger partial charge in [0.15, 0.2) is 11.2 Å². The molecule has 8 heteroatoms. The van der Waals surface area contributed by atoms with Gasteiger partial charge < -0.3 is 9.64 Å². The summed E-state index contributed by atoms with van der Waals surface area (Å²) in [6, 6.07) is 5.05. The third-order valence-electron chi connectivity index (χ3n) is 3.81. The summed E-state index contributed by atoms with van der Waals surface area (Å²) in [7, 11) is 1.60. The number of thiazole rings is 1. The molecule has 1 aromatic heterocycles. The molecule has 1 aliphatic rings. The minimum atomic E-state index is -0.901. The van der Waals surface area contributed by atoms with Crippen molar-refractivity contribution in [2.45, 2.75) is 19.1 Å². The van der Waals surface area contributed by atoms with Gasteiger partial charge in [0, 0.05) is 18.1 Å². The third kappa shape index (κ3) is 3.29. The molecule has 2 atom stereocenters. The Balaban J connectivity index is 1.86. The van der Waals surface area contributed by atoms with Crippen molar-refractivity contribution in [1.82, 2.24) is 9.88 Å². The van der Waals surface area contributed by atoms with Crippen LogP contribution in [-0.4, -0.2) is 41.5 Å². The topological polar surface area (TPSA) is 71.5 Å². The van der Waals surface area contributed by atoms with Crippen LogP contribution in [0.5, 0.6) is 0 Å². The van der Waals surface area contributed by atoms with E-state index in [0.29, 0.717) is 10.7 Å². The van der Waals surface area contributed by atoms with E-state index in [1.165, 1.54) is 28.4 Å². The Morgan fingerprint density at radius 1 is 1.42 bits per heavy atom. The summed E-state index contributed by atoms with van der Waals surface area (Å²) >= 11 is 1.35. The summed E-state index contributed by atoms with van der Waals surface area (Å²) in [6.07, 6.45) is 0.761. The van der Waals surface area contributed by atoms with Crippen LogP contribution in [0.4, 0.5) is 9.52 Å². The highest BCUT2D eigenvalue weighted by molar-refractivity contribution is 7.15. The molecule has 24 heavy (non-hydrogen) atoms. The molecule has 1 saturated heterocycles. The van der Waals surface area contributed by atoms with Gasteiger partial charge in [-0.3, -0.25) is 14.9 Å². The van der Waals surface area contributed by atoms with Gasteiger partial charge in [-0.1, -0.05) is 12.1 Å². The number of aryl methyl sites for hydroxylation is 1. The van der Waals surface area contributed by atoms with Gasteiger partial charge in [-0.2, -0.15) is 0 Å². The molecule has 0 unspecified atom stereocenters. The van der Waals surface area contributed by atoms with E-state index in [9.17, 15) is 14.0 Å². The maximum absolute atomic E-state index is 13.2. The smallest absolute Gasteiger partial charge is 0.257 e. The number of benzene rings is 1. The van der Waals surface area contributed by atoms with Gasteiger partial charge in [0.25, 0.3) is 5.91 Å². The largest absolute Gasteiger partial charge is 0.356 e. The van der Waals surface area contributed by atoms with Crippen LogP contribution in [0.1, 0.15) is 16.5 Å². The molecule has 1 fully saturated rings. The molecule has 0 spiro atoms. The molecule has 6 nitrogen and oxygen atoms in total. The van der Waals surface area contributed by atoms with Crippen LogP contribution in [0.15, 0.2) is 30.5 Å². The quantitative estimate of drug-likeness (QED) is 0.921. The maximum Gasteiger partial charge on any atom is 0.257 e. The zero-order chi connectivity index (χ0) is 17.3. The van der Waals surface area contributed by atoms with Gasteiger partial charge in [-0.05, 0) is 24.6 Å². The first-order valence-corrected chi connectivity index (χ1v) is 8.13. The number of halogens is 1. The van der Waals surface area contributed by atoms with Gasteiger partial charge in [0.1, 0.15) is 12.4 Å². The fourth-order valence-electron chi connectivity index (χ4n) is 2.58. The molecule has 3 rings (SSSR count). The Morgan fingerprint density at radius 3 is 2.75 bits per heavy atom. The predicted molar refractivity (Wildman–Crippen MR) is 87.1 cm³/mol. The highest BCUT2D eigenvalue weighted by atomic mass is 32.1. The molecular formula is C16H16FN3O3S. The van der Waals surface area contributed by atoms with Crippen LogP contribution < -0.4 is 5.32 Å². The van der Waals surface area contributed by atoms with E-state index >= 15 is 0 Å². The molecule has 1 N–H and O–H groups in total. The van der Waals surface area contributed by atoms with E-state index in [1.807, 2.05) is 6.92 Å². The molecule has 1 aliphatic heterocycles. The van der Waals surface area contributed by atoms with E-state index in [1.54, 1.807) is 25.4 Å². The van der Waals surface area contributed by atoms with Gasteiger partial charge in [0.05, 0.1) is 6.04 Å². The van der Waals surface area contributed by atoms with Gasteiger partial charge >= 0.3 is 0 Å². The third-order valence-corrected chi connectivity index (χ3v) is 4.63. The minimum Gasteiger partial charge on any atom is -0.356 e. The number of carbonyl (C=O) groups is 2. The molecule has 2 aromatic rings. The number of nitrogens with one attached hydrogen (secondary N) is 1. The number of morpholine rings is 1. The Bertz CT molecular complexity index is 762. The summed E-state index contributed by atoms with van der Waals surface area (Å²) in [4.78, 5) is 31.1. The molecule has 0 saturated carbocycles. The standard InChI is InChI=1S/C16H16FN3O3S/c1-9-7-18-16(24-9)19-15(22)14-13(20(2)12(21)8-23-14)10-3-5-11(17)6-4-10/h3-7,13-14H,8H2,1-2H3,(H,18,19,22)/t13-,14+/m0/s1. The second kappa shape index (κ2) is 6.66. The van der Waals surface area contributed by atoms with Gasteiger partial charge in [-0.15, -0.1) is 11.3 Å². The summed E-state index contributed by atoms with van der Waals surface area (Å²) in [5, 5.41) is 3.18. The molecule has 1 aromatic carbocycles. The first-order valence-electron chi connectivity index (χ1n) is 7.31. The van der Waals surface area contributed by atoms with Crippen molar-refractivity contribution >= 4 is 28.3 Å². The Labute approximate surface area is 142 Å². The lowest BCUT2D eigenvalue weighted by molar-refractivity contribution is -0.160. The number of hydrogen-bond acceptors (Lipinski definition) is 5. The lowest BCUT2D eigenvalue weighted by Crippen LogP contribution is -2.51. The van der Waals surface area contributed by atoms with Crippen molar-refractivity contribution in [3.05, 3.63) is 46.7 Å². The minimum absolute atomic E-state index is 0.177. The molecule has 0 radical (unpaired) electrons. The van der Waals surface area contributed by atoms with Crippen molar-refractivity contribution in [3.63, 3.8) is 0 Å². The number of ether oxygens (including phenoxy) is 1. The Kier molecular flexibility index (Phi) is 4.59. The molecule has 2 amide bonds. The fourth-order valence-corrected chi connectivity index (χ4v) is 3.25. The van der Waals surface area contributed by atoms with Crippen LogP contribution in [0.3, 0.4) is 0 Å². The number of carbonyl (C=O) groups excluding carboxylic acids is 2. The zero-order valence-electron chi connectivity index (χ0n) is 13.2. The Morgan fingerprint density at radius 2 is 2.12 bits per heavy atom. The van der Waals surface area contributed by atoms with Gasteiger partial charge in [0.2, 0.25) is 5.91 Å². The highest BCUT2D eigenvalue weighted by Crippen LogP contribution is 2.30. The van der Waals surface area contributed by atoms with Crippen LogP contribution in [-0.2, 0) is 14.3 Å². The van der Waals surface area contributed by atoms with Crippen LogP contribution in [0.2, 0.25) is 0 Å². The van der Waals surface area contributed by atoms with Crippen molar-refractivity contribution < 1.29 is 18.7 Å². The number of aromatic nitrogens is 1. The number of likely N-dealkylation sites (N-methyl/N-ethyl adjacent to an activating group) is 1. The second-order valence-corrected chi connectivity index (χ2v) is 6.73. The van der Waals surface area contributed by atoms with E-state index in [4.69, 9.17) is 4.74 Å². The normalized spacial score (nSPS) is 21.0. The van der Waals surface area contributed by atoms with Gasteiger partial charge in [-0.25, -0.2) is 9.37 Å². The SMILES string of the molecule is Cc1cnc(NC(=O)[C@@H]2OCC(=O)N(C)[C@H]2c2ccc(F)cc2)s1. The fraction of sp³-hybridized carbons (Fsp3) is 0.312. The average Bonchev–Trinajstić information content (AvgIpc) is 2.96. The predicted octanol–water partition coefficient (Wildman–Crippen LogP) is 2.13. The summed E-state index contributed by atoms with van der Waals surface area (Å²) in [6.45, 7) is 1.71. The lowest BCUT2D eigenvalue weighted by Gasteiger charge is -2.38. The molecular weight excluding hydrogens is 333 g/mol. The highest BCUT2D eigenvalue weighted by Gasteiger charge is 2.40. The first kappa shape index (κ1) is 16.5. The monoisotopic (exact) mass is 349 g/mol. The molecule has 0 aliphatic carbocycles. The molecule has 0 bridgehead atoms. The molecule has 2 heterocycles.